The van der Waals surface area contributed by atoms with Crippen molar-refractivity contribution in [2.45, 2.75) is 0 Å². The maximum Gasteiger partial charge on any atom is 0.271 e. The van der Waals surface area contributed by atoms with Gasteiger partial charge in [-0.2, -0.15) is 5.10 Å². The van der Waals surface area contributed by atoms with Crippen LogP contribution in [0.5, 0.6) is 5.75 Å². The second-order valence-electron chi connectivity index (χ2n) is 6.23. The smallest absolute Gasteiger partial charge is 0.271 e. The summed E-state index contributed by atoms with van der Waals surface area (Å²) in [5.74, 6) is -0.855. The second kappa shape index (κ2) is 10.7. The third kappa shape index (κ3) is 6.91. The number of nitrogens with one attached hydrogen (secondary N) is 2. The molecule has 0 bridgehead atoms. The average Bonchev–Trinajstić information content (AvgIpc) is 2.75. The Bertz CT molecular complexity index is 1110. The molecule has 6 nitrogen and oxygen atoms in total. The summed E-state index contributed by atoms with van der Waals surface area (Å²) in [7, 11) is 0. The van der Waals surface area contributed by atoms with Crippen molar-refractivity contribution in [1.29, 1.82) is 0 Å². The normalized spacial score (nSPS) is 10.7. The Morgan fingerprint density at radius 3 is 2.48 bits per heavy atom. The van der Waals surface area contributed by atoms with Gasteiger partial charge in [-0.15, -0.1) is 0 Å². The molecule has 31 heavy (non-hydrogen) atoms. The van der Waals surface area contributed by atoms with E-state index in [0.29, 0.717) is 27.6 Å². The predicted octanol–water partition coefficient (Wildman–Crippen LogP) is 5.02. The van der Waals surface area contributed by atoms with Gasteiger partial charge in [0.25, 0.3) is 11.8 Å². The fraction of sp³-hybridized carbons (Fsp3) is 0.0455. The van der Waals surface area contributed by atoms with Crippen LogP contribution >= 0.6 is 27.5 Å². The Kier molecular flexibility index (Phi) is 7.75. The summed E-state index contributed by atoms with van der Waals surface area (Å²) in [6.07, 6.45) is 1.37. The number of hydrazone groups is 1. The minimum absolute atomic E-state index is 0.287. The molecular weight excluding hydrogens is 489 g/mol. The van der Waals surface area contributed by atoms with Crippen LogP contribution < -0.4 is 15.5 Å². The van der Waals surface area contributed by atoms with Crippen LogP contribution in [0.4, 0.5) is 10.1 Å². The third-order valence-corrected chi connectivity index (χ3v) is 4.70. The van der Waals surface area contributed by atoms with Crippen LogP contribution in [0.25, 0.3) is 0 Å². The number of anilines is 1. The lowest BCUT2D eigenvalue weighted by atomic mass is 10.2. The Morgan fingerprint density at radius 1 is 1.06 bits per heavy atom. The Labute approximate surface area is 191 Å². The van der Waals surface area contributed by atoms with Crippen molar-refractivity contribution < 1.29 is 18.7 Å². The third-order valence-electron chi connectivity index (χ3n) is 3.93. The van der Waals surface area contributed by atoms with Crippen molar-refractivity contribution in [2.75, 3.05) is 11.9 Å². The highest BCUT2D eigenvalue weighted by Crippen LogP contribution is 2.21. The van der Waals surface area contributed by atoms with Crippen molar-refractivity contribution in [3.8, 4) is 5.75 Å². The molecule has 9 heteroatoms. The van der Waals surface area contributed by atoms with Gasteiger partial charge in [0.05, 0.1) is 6.21 Å². The average molecular weight is 505 g/mol. The topological polar surface area (TPSA) is 79.8 Å². The van der Waals surface area contributed by atoms with Gasteiger partial charge in [0.15, 0.2) is 6.61 Å². The van der Waals surface area contributed by atoms with Crippen LogP contribution in [0.2, 0.25) is 5.02 Å². The zero-order valence-electron chi connectivity index (χ0n) is 15.9. The van der Waals surface area contributed by atoms with E-state index in [1.165, 1.54) is 30.5 Å². The van der Waals surface area contributed by atoms with Gasteiger partial charge in [-0.1, -0.05) is 27.5 Å². The molecule has 0 aliphatic heterocycles. The molecule has 158 valence electrons. The molecule has 0 spiro atoms. The van der Waals surface area contributed by atoms with Gasteiger partial charge in [-0.3, -0.25) is 9.59 Å². The van der Waals surface area contributed by atoms with Crippen molar-refractivity contribution in [3.63, 3.8) is 0 Å². The van der Waals surface area contributed by atoms with Crippen LogP contribution in [0.1, 0.15) is 15.9 Å². The minimum Gasteiger partial charge on any atom is -0.483 e. The summed E-state index contributed by atoms with van der Waals surface area (Å²) >= 11 is 9.34. The lowest BCUT2D eigenvalue weighted by Crippen LogP contribution is -2.20. The molecule has 0 saturated carbocycles. The first kappa shape index (κ1) is 22.5. The number of ether oxygens (including phenoxy) is 1. The van der Waals surface area contributed by atoms with Crippen molar-refractivity contribution in [2.24, 2.45) is 5.10 Å². The van der Waals surface area contributed by atoms with Gasteiger partial charge < -0.3 is 10.1 Å². The van der Waals surface area contributed by atoms with E-state index < -0.39 is 11.7 Å². The maximum absolute atomic E-state index is 12.9. The summed E-state index contributed by atoms with van der Waals surface area (Å²) in [4.78, 5) is 24.2. The number of rotatable bonds is 7. The van der Waals surface area contributed by atoms with E-state index in [4.69, 9.17) is 16.3 Å². The van der Waals surface area contributed by atoms with Crippen LogP contribution in [0.15, 0.2) is 76.3 Å². The van der Waals surface area contributed by atoms with Crippen LogP contribution in [0.3, 0.4) is 0 Å². The van der Waals surface area contributed by atoms with E-state index >= 15 is 0 Å². The van der Waals surface area contributed by atoms with E-state index in [9.17, 15) is 14.0 Å². The second-order valence-corrected chi connectivity index (χ2v) is 7.58. The molecule has 0 unspecified atom stereocenters. The van der Waals surface area contributed by atoms with Gasteiger partial charge >= 0.3 is 0 Å². The minimum atomic E-state index is -0.423. The molecule has 0 aliphatic carbocycles. The fourth-order valence-corrected chi connectivity index (χ4v) is 2.90. The number of benzene rings is 3. The number of amides is 2. The standard InChI is InChI=1S/C22H16BrClFN3O3/c23-16-3-1-14(2-4-16)22(30)28-26-12-15-11-17(24)5-10-20(15)31-13-21(29)27-19-8-6-18(25)7-9-19/h1-12H,13H2,(H,27,29)(H,28,30)/b26-12+. The first-order valence-corrected chi connectivity index (χ1v) is 10.1. The SMILES string of the molecule is O=C(COc1ccc(Cl)cc1/C=N/NC(=O)c1ccc(Br)cc1)Nc1ccc(F)cc1. The molecular formula is C22H16BrClFN3O3. The molecule has 2 N–H and O–H groups in total. The van der Waals surface area contributed by atoms with Gasteiger partial charge in [-0.05, 0) is 66.7 Å². The first-order valence-electron chi connectivity index (χ1n) is 8.97. The lowest BCUT2D eigenvalue weighted by molar-refractivity contribution is -0.118. The molecule has 3 rings (SSSR count). The molecule has 3 aromatic rings. The Balaban J connectivity index is 1.61. The fourth-order valence-electron chi connectivity index (χ4n) is 2.45. The summed E-state index contributed by atoms with van der Waals surface area (Å²) in [5.41, 5.74) is 3.79. The highest BCUT2D eigenvalue weighted by Gasteiger charge is 2.08. The van der Waals surface area contributed by atoms with Gasteiger partial charge in [0, 0.05) is 26.3 Å². The molecule has 0 atom stereocenters. The number of halogens is 3. The molecule has 0 aliphatic rings. The van der Waals surface area contributed by atoms with Gasteiger partial charge in [0.2, 0.25) is 0 Å². The maximum atomic E-state index is 12.9. The number of carbonyl (C=O) groups is 2. The molecule has 0 saturated heterocycles. The molecule has 0 heterocycles. The van der Waals surface area contributed by atoms with Crippen LogP contribution in [-0.2, 0) is 4.79 Å². The number of hydrogen-bond donors (Lipinski definition) is 2. The molecule has 0 radical (unpaired) electrons. The Morgan fingerprint density at radius 2 is 1.77 bits per heavy atom. The molecule has 0 fully saturated rings. The van der Waals surface area contributed by atoms with Gasteiger partial charge in [-0.25, -0.2) is 9.82 Å². The largest absolute Gasteiger partial charge is 0.483 e. The van der Waals surface area contributed by atoms with Crippen LogP contribution in [-0.4, -0.2) is 24.6 Å². The van der Waals surface area contributed by atoms with E-state index in [2.05, 4.69) is 31.8 Å². The van der Waals surface area contributed by atoms with E-state index in [1.54, 1.807) is 42.5 Å². The lowest BCUT2D eigenvalue weighted by Gasteiger charge is -2.10. The van der Waals surface area contributed by atoms with Crippen LogP contribution in [0, 0.1) is 5.82 Å². The van der Waals surface area contributed by atoms with E-state index in [0.717, 1.165) is 4.47 Å². The highest BCUT2D eigenvalue weighted by atomic mass is 79.9. The zero-order valence-corrected chi connectivity index (χ0v) is 18.3. The zero-order chi connectivity index (χ0) is 22.2. The van der Waals surface area contributed by atoms with Crippen molar-refractivity contribution >= 4 is 51.2 Å². The summed E-state index contributed by atoms with van der Waals surface area (Å²) in [6.45, 7) is -0.287. The molecule has 3 aromatic carbocycles. The van der Waals surface area contributed by atoms with Gasteiger partial charge in [0.1, 0.15) is 11.6 Å². The first-order chi connectivity index (χ1) is 14.9. The summed E-state index contributed by atoms with van der Waals surface area (Å²) in [5, 5.41) is 6.97. The highest BCUT2D eigenvalue weighted by molar-refractivity contribution is 9.10. The summed E-state index contributed by atoms with van der Waals surface area (Å²) < 4.78 is 19.4. The van der Waals surface area contributed by atoms with E-state index in [-0.39, 0.29) is 12.5 Å². The molecule has 2 amide bonds. The monoisotopic (exact) mass is 503 g/mol. The number of nitrogens with zero attached hydrogens (tertiary/aromatic N) is 1. The number of carbonyl (C=O) groups excluding carboxylic acids is 2. The summed E-state index contributed by atoms with van der Waals surface area (Å²) in [6, 6.07) is 17.0. The number of hydrogen-bond acceptors (Lipinski definition) is 4. The molecule has 0 aromatic heterocycles. The van der Waals surface area contributed by atoms with Crippen molar-refractivity contribution in [3.05, 3.63) is 93.2 Å². The predicted molar refractivity (Wildman–Crippen MR) is 121 cm³/mol. The quantitative estimate of drug-likeness (QED) is 0.350. The van der Waals surface area contributed by atoms with E-state index in [1.807, 2.05) is 0 Å². The van der Waals surface area contributed by atoms with Crippen molar-refractivity contribution in [1.82, 2.24) is 5.43 Å². The Hall–Kier alpha value is -3.23.